The summed E-state index contributed by atoms with van der Waals surface area (Å²) in [5.41, 5.74) is 0. The van der Waals surface area contributed by atoms with Gasteiger partial charge in [-0.2, -0.15) is 0 Å². The van der Waals surface area contributed by atoms with E-state index in [0.29, 0.717) is 0 Å². The lowest BCUT2D eigenvalue weighted by molar-refractivity contribution is 0.855. The Morgan fingerprint density at radius 2 is 2.57 bits per heavy atom. The topological polar surface area (TPSA) is 12.4 Å². The number of nitrogens with zero attached hydrogens (tertiary/aromatic N) is 1. The predicted molar refractivity (Wildman–Crippen MR) is 30.4 cm³/mol. The zero-order valence-corrected chi connectivity index (χ0v) is 4.22. The molecular formula is C6H8N. The van der Waals surface area contributed by atoms with E-state index in [1.54, 1.807) is 0 Å². The Balaban J connectivity index is 2.39. The maximum absolute atomic E-state index is 4.03. The van der Waals surface area contributed by atoms with E-state index in [1.165, 1.54) is 0 Å². The molecular weight excluding hydrogens is 86.1 g/mol. The van der Waals surface area contributed by atoms with Gasteiger partial charge in [-0.15, -0.1) is 0 Å². The van der Waals surface area contributed by atoms with Crippen LogP contribution in [-0.2, 0) is 0 Å². The second-order valence-corrected chi connectivity index (χ2v) is 1.53. The first-order valence-electron chi connectivity index (χ1n) is 2.55. The van der Waals surface area contributed by atoms with Gasteiger partial charge in [0.2, 0.25) is 0 Å². The molecule has 1 heterocycles. The molecule has 0 aliphatic carbocycles. The van der Waals surface area contributed by atoms with Crippen LogP contribution in [0.1, 0.15) is 12.8 Å². The van der Waals surface area contributed by atoms with Gasteiger partial charge in [0.15, 0.2) is 0 Å². The van der Waals surface area contributed by atoms with Gasteiger partial charge in [-0.1, -0.05) is 0 Å². The summed E-state index contributed by atoms with van der Waals surface area (Å²) in [6.45, 7) is 0.976. The molecule has 0 atom stereocenters. The number of allylic oxidation sites excluding steroid dienone is 2. The zero-order chi connectivity index (χ0) is 4.95. The first-order chi connectivity index (χ1) is 3.50. The second kappa shape index (κ2) is 2.56. The molecule has 1 radical (unpaired) electrons. The van der Waals surface area contributed by atoms with Crippen LogP contribution >= 0.6 is 0 Å². The summed E-state index contributed by atoms with van der Waals surface area (Å²) < 4.78 is 0. The first-order valence-corrected chi connectivity index (χ1v) is 2.55. The van der Waals surface area contributed by atoms with E-state index >= 15 is 0 Å². The third kappa shape index (κ3) is 1.53. The van der Waals surface area contributed by atoms with E-state index in [9.17, 15) is 0 Å². The van der Waals surface area contributed by atoms with Crippen molar-refractivity contribution in [2.75, 3.05) is 6.54 Å². The van der Waals surface area contributed by atoms with Crippen molar-refractivity contribution in [1.29, 1.82) is 0 Å². The minimum atomic E-state index is 0.976. The molecule has 0 N–H and O–H groups in total. The number of hydrogen-bond acceptors (Lipinski definition) is 1. The quantitative estimate of drug-likeness (QED) is 0.428. The molecule has 0 amide bonds. The second-order valence-electron chi connectivity index (χ2n) is 1.53. The molecule has 1 aliphatic heterocycles. The highest BCUT2D eigenvalue weighted by molar-refractivity contribution is 5.70. The highest BCUT2D eigenvalue weighted by Crippen LogP contribution is 1.92. The highest BCUT2D eigenvalue weighted by Gasteiger charge is 1.82. The molecule has 0 fully saturated rings. The van der Waals surface area contributed by atoms with E-state index in [0.717, 1.165) is 19.4 Å². The molecule has 1 aliphatic rings. The molecule has 0 saturated heterocycles. The van der Waals surface area contributed by atoms with Crippen molar-refractivity contribution in [2.45, 2.75) is 12.8 Å². The first kappa shape index (κ1) is 4.57. The van der Waals surface area contributed by atoms with Crippen LogP contribution in [-0.4, -0.2) is 12.8 Å². The van der Waals surface area contributed by atoms with Crippen LogP contribution in [0.4, 0.5) is 0 Å². The van der Waals surface area contributed by atoms with Crippen LogP contribution in [0.3, 0.4) is 0 Å². The average Bonchev–Trinajstić information content (AvgIpc) is 1.90. The number of hydrogen-bond donors (Lipinski definition) is 0. The maximum Gasteiger partial charge on any atom is 0.0392 e. The van der Waals surface area contributed by atoms with Crippen molar-refractivity contribution in [1.82, 2.24) is 0 Å². The van der Waals surface area contributed by atoms with Gasteiger partial charge in [0.05, 0.1) is 0 Å². The van der Waals surface area contributed by atoms with Crippen molar-refractivity contribution < 1.29 is 0 Å². The molecule has 1 rings (SSSR count). The van der Waals surface area contributed by atoms with Crippen LogP contribution in [0.2, 0.25) is 0 Å². The highest BCUT2D eigenvalue weighted by atomic mass is 14.7. The van der Waals surface area contributed by atoms with Crippen LogP contribution in [0.5, 0.6) is 0 Å². The lowest BCUT2D eigenvalue weighted by Gasteiger charge is -1.81. The van der Waals surface area contributed by atoms with Crippen molar-refractivity contribution in [3.63, 3.8) is 0 Å². The molecule has 0 spiro atoms. The summed E-state index contributed by atoms with van der Waals surface area (Å²) in [6, 6.07) is 0. The van der Waals surface area contributed by atoms with E-state index in [4.69, 9.17) is 0 Å². The molecule has 0 aromatic heterocycles. The van der Waals surface area contributed by atoms with Crippen LogP contribution in [0.15, 0.2) is 11.1 Å². The Labute approximate surface area is 43.8 Å². The Bertz CT molecular complexity index is 80.4. The van der Waals surface area contributed by atoms with Crippen molar-refractivity contribution in [3.05, 3.63) is 12.2 Å². The Morgan fingerprint density at radius 1 is 1.57 bits per heavy atom. The summed E-state index contributed by atoms with van der Waals surface area (Å²) in [5, 5.41) is 0. The van der Waals surface area contributed by atoms with Crippen LogP contribution in [0.25, 0.3) is 0 Å². The minimum Gasteiger partial charge on any atom is -0.293 e. The van der Waals surface area contributed by atoms with E-state index in [2.05, 4.69) is 11.1 Å². The fourth-order valence-electron chi connectivity index (χ4n) is 0.536. The monoisotopic (exact) mass is 94.1 g/mol. The predicted octanol–water partition coefficient (Wildman–Crippen LogP) is 1.21. The maximum atomic E-state index is 4.03. The van der Waals surface area contributed by atoms with Gasteiger partial charge in [-0.05, 0) is 25.0 Å². The van der Waals surface area contributed by atoms with E-state index < -0.39 is 0 Å². The van der Waals surface area contributed by atoms with E-state index in [1.807, 2.05) is 12.3 Å². The van der Waals surface area contributed by atoms with Gasteiger partial charge < -0.3 is 0 Å². The molecule has 0 saturated carbocycles. The van der Waals surface area contributed by atoms with Gasteiger partial charge in [0.25, 0.3) is 0 Å². The van der Waals surface area contributed by atoms with Gasteiger partial charge in [-0.25, -0.2) is 0 Å². The molecule has 0 aromatic rings. The molecule has 1 nitrogen and oxygen atoms in total. The Hall–Kier alpha value is -0.590. The summed E-state index contributed by atoms with van der Waals surface area (Å²) in [6.07, 6.45) is 9.00. The molecule has 0 unspecified atom stereocenters. The fourth-order valence-corrected chi connectivity index (χ4v) is 0.536. The Kier molecular flexibility index (Phi) is 1.67. The third-order valence-electron chi connectivity index (χ3n) is 0.906. The normalized spacial score (nSPS) is 19.4. The average molecular weight is 94.1 g/mol. The summed E-state index contributed by atoms with van der Waals surface area (Å²) in [5.74, 6) is 0. The van der Waals surface area contributed by atoms with Gasteiger partial charge in [0.1, 0.15) is 0 Å². The van der Waals surface area contributed by atoms with Crippen molar-refractivity contribution in [3.8, 4) is 0 Å². The largest absolute Gasteiger partial charge is 0.293 e. The molecule has 0 aromatic carbocycles. The SMILES string of the molecule is [C]1=CC=NCCC1. The molecule has 7 heavy (non-hydrogen) atoms. The van der Waals surface area contributed by atoms with Gasteiger partial charge >= 0.3 is 0 Å². The van der Waals surface area contributed by atoms with Crippen molar-refractivity contribution >= 4 is 6.21 Å². The lowest BCUT2D eigenvalue weighted by Crippen LogP contribution is -1.73. The van der Waals surface area contributed by atoms with Crippen LogP contribution in [0, 0.1) is 6.08 Å². The van der Waals surface area contributed by atoms with Gasteiger partial charge in [-0.3, -0.25) is 4.99 Å². The lowest BCUT2D eigenvalue weighted by atomic mass is 10.3. The molecule has 0 bridgehead atoms. The summed E-state index contributed by atoms with van der Waals surface area (Å²) in [7, 11) is 0. The molecule has 1 heteroatoms. The smallest absolute Gasteiger partial charge is 0.0392 e. The van der Waals surface area contributed by atoms with Crippen LogP contribution < -0.4 is 0 Å². The van der Waals surface area contributed by atoms with E-state index in [-0.39, 0.29) is 0 Å². The van der Waals surface area contributed by atoms with Gasteiger partial charge in [0, 0.05) is 12.8 Å². The fraction of sp³-hybridized carbons (Fsp3) is 0.500. The third-order valence-corrected chi connectivity index (χ3v) is 0.906. The minimum absolute atomic E-state index is 0.976. The molecule has 37 valence electrons. The number of rotatable bonds is 0. The summed E-state index contributed by atoms with van der Waals surface area (Å²) >= 11 is 0. The number of aliphatic imine (C=N–C) groups is 1. The summed E-state index contributed by atoms with van der Waals surface area (Å²) in [4.78, 5) is 4.03. The zero-order valence-electron chi connectivity index (χ0n) is 4.22. The Morgan fingerprint density at radius 3 is 3.57 bits per heavy atom. The van der Waals surface area contributed by atoms with Crippen molar-refractivity contribution in [2.24, 2.45) is 4.99 Å². The standard InChI is InChI=1S/C6H8N/c1-2-4-6-7-5-3-1/h4,6H,1,3,5H2.